The number of para-hydroxylation sites is 2. The fraction of sp³-hybridized carbons (Fsp3) is 0.409. The van der Waals surface area contributed by atoms with E-state index in [-0.39, 0.29) is 11.4 Å². The molecule has 0 N–H and O–H groups in total. The van der Waals surface area contributed by atoms with Gasteiger partial charge in [-0.2, -0.15) is 0 Å². The molecule has 0 saturated heterocycles. The van der Waals surface area contributed by atoms with Crippen LogP contribution in [0.3, 0.4) is 0 Å². The summed E-state index contributed by atoms with van der Waals surface area (Å²) in [5.74, 6) is -0.215. The minimum atomic E-state index is -0.528. The fourth-order valence-electron chi connectivity index (χ4n) is 2.83. The molecule has 2 aromatic rings. The van der Waals surface area contributed by atoms with Crippen molar-refractivity contribution in [1.82, 2.24) is 0 Å². The lowest BCUT2D eigenvalue weighted by atomic mass is 9.84. The van der Waals surface area contributed by atoms with Crippen LogP contribution >= 0.6 is 0 Å². The van der Waals surface area contributed by atoms with E-state index in [1.54, 1.807) is 0 Å². The van der Waals surface area contributed by atoms with E-state index in [9.17, 15) is 4.79 Å². The molecule has 2 rings (SSSR count). The highest BCUT2D eigenvalue weighted by Gasteiger charge is 2.40. The Labute approximate surface area is 151 Å². The Kier molecular flexibility index (Phi) is 5.56. The van der Waals surface area contributed by atoms with Gasteiger partial charge in [0.05, 0.1) is 0 Å². The van der Waals surface area contributed by atoms with Crippen molar-refractivity contribution in [3.63, 3.8) is 0 Å². The highest BCUT2D eigenvalue weighted by molar-refractivity contribution is 5.85. The first-order valence-corrected chi connectivity index (χ1v) is 8.72. The lowest BCUT2D eigenvalue weighted by Crippen LogP contribution is -2.50. The molecule has 0 bridgehead atoms. The van der Waals surface area contributed by atoms with E-state index < -0.39 is 11.6 Å². The Morgan fingerprint density at radius 2 is 1.20 bits per heavy atom. The van der Waals surface area contributed by atoms with Gasteiger partial charge in [-0.05, 0) is 50.5 Å². The van der Waals surface area contributed by atoms with Crippen molar-refractivity contribution in [2.45, 2.75) is 53.2 Å². The largest absolute Gasteiger partial charge is 0.458 e. The fourth-order valence-corrected chi connectivity index (χ4v) is 2.83. The third-order valence-corrected chi connectivity index (χ3v) is 3.78. The maximum atomic E-state index is 13.1. The topological polar surface area (TPSA) is 29.5 Å². The summed E-state index contributed by atoms with van der Waals surface area (Å²) >= 11 is 0. The van der Waals surface area contributed by atoms with Crippen LogP contribution in [0.2, 0.25) is 0 Å². The standard InChI is InChI=1S/C22H29NO2/c1-21(2,3)19(20(24)25-22(4,5)6)23(17-13-9-7-10-14-17)18-15-11-8-12-16-18/h7-16,19H,1-6H3. The summed E-state index contributed by atoms with van der Waals surface area (Å²) in [4.78, 5) is 15.2. The molecule has 0 fully saturated rings. The van der Waals surface area contributed by atoms with Gasteiger partial charge in [-0.25, -0.2) is 4.79 Å². The molecule has 3 heteroatoms. The molecule has 25 heavy (non-hydrogen) atoms. The average Bonchev–Trinajstić information content (AvgIpc) is 2.51. The number of hydrogen-bond donors (Lipinski definition) is 0. The summed E-state index contributed by atoms with van der Waals surface area (Å²) in [6.07, 6.45) is 0. The lowest BCUT2D eigenvalue weighted by molar-refractivity contribution is -0.159. The summed E-state index contributed by atoms with van der Waals surface area (Å²) in [6.45, 7) is 11.9. The first kappa shape index (κ1) is 19.0. The molecule has 2 aromatic carbocycles. The number of rotatable bonds is 4. The monoisotopic (exact) mass is 339 g/mol. The molecule has 0 aliphatic carbocycles. The van der Waals surface area contributed by atoms with E-state index in [1.165, 1.54) is 0 Å². The number of carbonyl (C=O) groups is 1. The van der Waals surface area contributed by atoms with Gasteiger partial charge >= 0.3 is 5.97 Å². The van der Waals surface area contributed by atoms with Gasteiger partial charge in [0.1, 0.15) is 11.6 Å². The molecule has 0 heterocycles. The molecular weight excluding hydrogens is 310 g/mol. The minimum absolute atomic E-state index is 0.215. The number of carbonyl (C=O) groups excluding carboxylic acids is 1. The van der Waals surface area contributed by atoms with E-state index >= 15 is 0 Å². The van der Waals surface area contributed by atoms with Crippen LogP contribution in [0, 0.1) is 5.41 Å². The predicted octanol–water partition coefficient (Wildman–Crippen LogP) is 5.58. The van der Waals surface area contributed by atoms with Gasteiger partial charge < -0.3 is 9.64 Å². The zero-order valence-electron chi connectivity index (χ0n) is 16.1. The first-order valence-electron chi connectivity index (χ1n) is 8.72. The number of ether oxygens (including phenoxy) is 1. The Hall–Kier alpha value is -2.29. The van der Waals surface area contributed by atoms with Gasteiger partial charge in [0, 0.05) is 11.4 Å². The second-order valence-electron chi connectivity index (χ2n) is 8.34. The summed E-state index contributed by atoms with van der Waals surface area (Å²) in [5, 5.41) is 0. The second kappa shape index (κ2) is 7.30. The summed E-state index contributed by atoms with van der Waals surface area (Å²) in [5.41, 5.74) is 1.10. The van der Waals surface area contributed by atoms with Crippen LogP contribution in [-0.2, 0) is 9.53 Å². The maximum Gasteiger partial charge on any atom is 0.330 e. The zero-order valence-corrected chi connectivity index (χ0v) is 16.1. The molecule has 134 valence electrons. The van der Waals surface area contributed by atoms with Crippen LogP contribution < -0.4 is 4.90 Å². The van der Waals surface area contributed by atoms with Crippen molar-refractivity contribution in [2.75, 3.05) is 4.90 Å². The number of nitrogens with zero attached hydrogens (tertiary/aromatic N) is 1. The third-order valence-electron chi connectivity index (χ3n) is 3.78. The lowest BCUT2D eigenvalue weighted by Gasteiger charge is -2.41. The Bertz CT molecular complexity index is 642. The van der Waals surface area contributed by atoms with E-state index in [2.05, 4.69) is 25.7 Å². The second-order valence-corrected chi connectivity index (χ2v) is 8.34. The van der Waals surface area contributed by atoms with Gasteiger partial charge in [0.15, 0.2) is 0 Å². The molecule has 0 amide bonds. The van der Waals surface area contributed by atoms with E-state index in [4.69, 9.17) is 4.74 Å². The maximum absolute atomic E-state index is 13.1. The minimum Gasteiger partial charge on any atom is -0.458 e. The molecule has 3 nitrogen and oxygen atoms in total. The van der Waals surface area contributed by atoms with Crippen LogP contribution in [0.5, 0.6) is 0 Å². The molecule has 0 aliphatic heterocycles. The van der Waals surface area contributed by atoms with Crippen molar-refractivity contribution >= 4 is 17.3 Å². The summed E-state index contributed by atoms with van der Waals surface area (Å²) < 4.78 is 5.77. The van der Waals surface area contributed by atoms with Gasteiger partial charge in [-0.3, -0.25) is 0 Å². The van der Waals surface area contributed by atoms with Crippen molar-refractivity contribution < 1.29 is 9.53 Å². The highest BCUT2D eigenvalue weighted by Crippen LogP contribution is 2.36. The highest BCUT2D eigenvalue weighted by atomic mass is 16.6. The molecule has 1 unspecified atom stereocenters. The van der Waals surface area contributed by atoms with Crippen molar-refractivity contribution in [2.24, 2.45) is 5.41 Å². The van der Waals surface area contributed by atoms with Gasteiger partial charge in [-0.1, -0.05) is 57.2 Å². The zero-order chi connectivity index (χ0) is 18.7. The normalized spacial score (nSPS) is 13.2. The number of esters is 1. The van der Waals surface area contributed by atoms with Gasteiger partial charge in [-0.15, -0.1) is 0 Å². The molecule has 0 radical (unpaired) electrons. The third kappa shape index (κ3) is 5.09. The van der Waals surface area contributed by atoms with Crippen LogP contribution in [0.1, 0.15) is 41.5 Å². The molecule has 0 spiro atoms. The van der Waals surface area contributed by atoms with Gasteiger partial charge in [0.2, 0.25) is 0 Å². The Morgan fingerprint density at radius 1 is 0.800 bits per heavy atom. The van der Waals surface area contributed by atoms with Crippen LogP contribution in [0.15, 0.2) is 60.7 Å². The van der Waals surface area contributed by atoms with Crippen LogP contribution in [-0.4, -0.2) is 17.6 Å². The Morgan fingerprint density at radius 3 is 1.52 bits per heavy atom. The van der Waals surface area contributed by atoms with Crippen molar-refractivity contribution in [3.05, 3.63) is 60.7 Å². The molecule has 1 atom stereocenters. The summed E-state index contributed by atoms with van der Waals surface area (Å²) in [6, 6.07) is 19.5. The number of hydrogen-bond acceptors (Lipinski definition) is 3. The van der Waals surface area contributed by atoms with E-state index in [0.29, 0.717) is 0 Å². The number of benzene rings is 2. The Balaban J connectivity index is 2.56. The van der Waals surface area contributed by atoms with Crippen molar-refractivity contribution in [1.29, 1.82) is 0 Å². The smallest absolute Gasteiger partial charge is 0.330 e. The van der Waals surface area contributed by atoms with Crippen LogP contribution in [0.25, 0.3) is 0 Å². The predicted molar refractivity (Wildman–Crippen MR) is 104 cm³/mol. The van der Waals surface area contributed by atoms with Crippen molar-refractivity contribution in [3.8, 4) is 0 Å². The average molecular weight is 339 g/mol. The van der Waals surface area contributed by atoms with Crippen LogP contribution in [0.4, 0.5) is 11.4 Å². The summed E-state index contributed by atoms with van der Waals surface area (Å²) in [7, 11) is 0. The molecule has 0 aromatic heterocycles. The first-order chi connectivity index (χ1) is 11.6. The SMILES string of the molecule is CC(C)(C)OC(=O)C(N(c1ccccc1)c1ccccc1)C(C)(C)C. The molecule has 0 saturated carbocycles. The molecule has 0 aliphatic rings. The quantitative estimate of drug-likeness (QED) is 0.681. The number of anilines is 2. The van der Waals surface area contributed by atoms with E-state index in [0.717, 1.165) is 11.4 Å². The molecular formula is C22H29NO2. The van der Waals surface area contributed by atoms with E-state index in [1.807, 2.05) is 81.4 Å². The van der Waals surface area contributed by atoms with Gasteiger partial charge in [0.25, 0.3) is 0 Å².